The highest BCUT2D eigenvalue weighted by Crippen LogP contribution is 2.29. The number of aromatic nitrogens is 2. The Bertz CT molecular complexity index is 735. The molecule has 4 rings (SSSR count). The van der Waals surface area contributed by atoms with Gasteiger partial charge in [-0.05, 0) is 51.3 Å². The molecule has 1 amide bonds. The van der Waals surface area contributed by atoms with Gasteiger partial charge < -0.3 is 10.2 Å². The number of carbonyl (C=O) groups is 1. The van der Waals surface area contributed by atoms with Crippen molar-refractivity contribution in [3.63, 3.8) is 0 Å². The predicted octanol–water partition coefficient (Wildman–Crippen LogP) is 2.61. The lowest BCUT2D eigenvalue weighted by atomic mass is 10.0. The van der Waals surface area contributed by atoms with Crippen molar-refractivity contribution in [2.45, 2.75) is 38.1 Å². The number of hydrogen-bond acceptors (Lipinski definition) is 3. The fourth-order valence-corrected chi connectivity index (χ4v) is 3.91. The van der Waals surface area contributed by atoms with Crippen LogP contribution < -0.4 is 5.32 Å². The zero-order valence-electron chi connectivity index (χ0n) is 14.6. The molecule has 1 saturated heterocycles. The second kappa shape index (κ2) is 7.58. The van der Waals surface area contributed by atoms with Crippen LogP contribution in [0.3, 0.4) is 0 Å². The Morgan fingerprint density at radius 3 is 2.56 bits per heavy atom. The van der Waals surface area contributed by atoms with Crippen molar-refractivity contribution in [2.24, 2.45) is 0 Å². The van der Waals surface area contributed by atoms with E-state index in [4.69, 9.17) is 5.10 Å². The SMILES string of the molecule is CNC1CCN(C(=O)c2nn(-c3ccccc3)c3c2CCC3)CC1.Cl. The average Bonchev–Trinajstić information content (AvgIpc) is 3.24. The maximum absolute atomic E-state index is 13.0. The number of halogens is 1. The molecule has 1 aliphatic carbocycles. The molecule has 2 aromatic rings. The number of fused-ring (bicyclic) bond motifs is 1. The molecule has 1 aromatic heterocycles. The Hall–Kier alpha value is -1.85. The number of rotatable bonds is 3. The standard InChI is InChI=1S/C19H24N4O.ClH/c1-20-14-10-12-22(13-11-14)19(24)18-16-8-5-9-17(16)23(21-18)15-6-3-2-4-7-15;/h2-4,6-7,14,20H,5,8-13H2,1H3;1H. The van der Waals surface area contributed by atoms with Gasteiger partial charge in [-0.2, -0.15) is 5.10 Å². The summed E-state index contributed by atoms with van der Waals surface area (Å²) in [5.41, 5.74) is 4.10. The molecular weight excluding hydrogens is 336 g/mol. The van der Waals surface area contributed by atoms with Crippen LogP contribution in [-0.4, -0.2) is 46.8 Å². The molecule has 0 bridgehead atoms. The summed E-state index contributed by atoms with van der Waals surface area (Å²) in [5, 5.41) is 8.04. The van der Waals surface area contributed by atoms with E-state index in [1.165, 1.54) is 11.3 Å². The molecule has 1 aliphatic heterocycles. The van der Waals surface area contributed by atoms with Crippen molar-refractivity contribution in [1.29, 1.82) is 0 Å². The maximum atomic E-state index is 13.0. The Labute approximate surface area is 154 Å². The molecule has 5 nitrogen and oxygen atoms in total. The minimum atomic E-state index is 0. The van der Waals surface area contributed by atoms with Gasteiger partial charge in [-0.15, -0.1) is 12.4 Å². The number of likely N-dealkylation sites (tertiary alicyclic amines) is 1. The Morgan fingerprint density at radius 1 is 1.16 bits per heavy atom. The first kappa shape index (κ1) is 18.0. The predicted molar refractivity (Wildman–Crippen MR) is 101 cm³/mol. The van der Waals surface area contributed by atoms with Gasteiger partial charge in [-0.3, -0.25) is 4.79 Å². The highest BCUT2D eigenvalue weighted by atomic mass is 35.5. The Balaban J connectivity index is 0.00000182. The third-order valence-electron chi connectivity index (χ3n) is 5.32. The molecule has 6 heteroatoms. The van der Waals surface area contributed by atoms with Gasteiger partial charge in [0.15, 0.2) is 5.69 Å². The fourth-order valence-electron chi connectivity index (χ4n) is 3.91. The van der Waals surface area contributed by atoms with Crippen molar-refractivity contribution >= 4 is 18.3 Å². The molecule has 134 valence electrons. The molecular formula is C19H25ClN4O. The van der Waals surface area contributed by atoms with Crippen molar-refractivity contribution < 1.29 is 4.79 Å². The summed E-state index contributed by atoms with van der Waals surface area (Å²) in [6.45, 7) is 1.63. The second-order valence-corrected chi connectivity index (χ2v) is 6.73. The highest BCUT2D eigenvalue weighted by Gasteiger charge is 2.31. The lowest BCUT2D eigenvalue weighted by Crippen LogP contribution is -2.44. The number of carbonyl (C=O) groups excluding carboxylic acids is 1. The third kappa shape index (κ3) is 3.31. The van der Waals surface area contributed by atoms with Crippen molar-refractivity contribution in [3.05, 3.63) is 47.3 Å². The molecule has 0 saturated carbocycles. The van der Waals surface area contributed by atoms with E-state index in [0.29, 0.717) is 11.7 Å². The monoisotopic (exact) mass is 360 g/mol. The molecule has 0 radical (unpaired) electrons. The second-order valence-electron chi connectivity index (χ2n) is 6.73. The van der Waals surface area contributed by atoms with Crippen molar-refractivity contribution in [1.82, 2.24) is 20.0 Å². The van der Waals surface area contributed by atoms with E-state index in [1.54, 1.807) is 0 Å². The van der Waals surface area contributed by atoms with Crippen LogP contribution in [0.25, 0.3) is 5.69 Å². The van der Waals surface area contributed by atoms with Crippen LogP contribution in [0.5, 0.6) is 0 Å². The minimum Gasteiger partial charge on any atom is -0.337 e. The first-order chi connectivity index (χ1) is 11.8. The van der Waals surface area contributed by atoms with Gasteiger partial charge >= 0.3 is 0 Å². The lowest BCUT2D eigenvalue weighted by Gasteiger charge is -2.31. The Morgan fingerprint density at radius 2 is 1.88 bits per heavy atom. The number of piperidine rings is 1. The van der Waals surface area contributed by atoms with Gasteiger partial charge in [0.05, 0.1) is 5.69 Å². The minimum absolute atomic E-state index is 0. The first-order valence-electron chi connectivity index (χ1n) is 8.90. The normalized spacial score (nSPS) is 17.2. The van der Waals surface area contributed by atoms with Crippen LogP contribution in [0, 0.1) is 0 Å². The zero-order valence-corrected chi connectivity index (χ0v) is 15.4. The summed E-state index contributed by atoms with van der Waals surface area (Å²) in [5.74, 6) is 0.109. The van der Waals surface area contributed by atoms with Crippen molar-refractivity contribution in [2.75, 3.05) is 20.1 Å². The molecule has 2 heterocycles. The van der Waals surface area contributed by atoms with E-state index in [1.807, 2.05) is 34.8 Å². The molecule has 25 heavy (non-hydrogen) atoms. The molecule has 0 atom stereocenters. The number of nitrogens with zero attached hydrogens (tertiary/aromatic N) is 3. The van der Waals surface area contributed by atoms with Crippen LogP contribution in [0.4, 0.5) is 0 Å². The molecule has 1 fully saturated rings. The summed E-state index contributed by atoms with van der Waals surface area (Å²) in [6.07, 6.45) is 5.12. The maximum Gasteiger partial charge on any atom is 0.274 e. The smallest absolute Gasteiger partial charge is 0.274 e. The number of para-hydroxylation sites is 1. The summed E-state index contributed by atoms with van der Waals surface area (Å²) in [6, 6.07) is 10.7. The number of benzene rings is 1. The Kier molecular flexibility index (Phi) is 5.45. The van der Waals surface area contributed by atoms with Gasteiger partial charge in [-0.25, -0.2) is 4.68 Å². The zero-order chi connectivity index (χ0) is 16.5. The van der Waals surface area contributed by atoms with E-state index in [9.17, 15) is 4.79 Å². The van der Waals surface area contributed by atoms with Crippen LogP contribution in [0.15, 0.2) is 30.3 Å². The first-order valence-corrected chi connectivity index (χ1v) is 8.90. The quantitative estimate of drug-likeness (QED) is 0.915. The van der Waals surface area contributed by atoms with Gasteiger partial charge in [0.25, 0.3) is 5.91 Å². The summed E-state index contributed by atoms with van der Waals surface area (Å²) in [4.78, 5) is 15.0. The number of nitrogens with one attached hydrogen (secondary N) is 1. The van der Waals surface area contributed by atoms with Crippen LogP contribution >= 0.6 is 12.4 Å². The van der Waals surface area contributed by atoms with E-state index in [-0.39, 0.29) is 18.3 Å². The lowest BCUT2D eigenvalue weighted by molar-refractivity contribution is 0.0700. The number of hydrogen-bond donors (Lipinski definition) is 1. The topological polar surface area (TPSA) is 50.2 Å². The highest BCUT2D eigenvalue weighted by molar-refractivity contribution is 5.94. The van der Waals surface area contributed by atoms with Crippen molar-refractivity contribution in [3.8, 4) is 5.69 Å². The van der Waals surface area contributed by atoms with E-state index in [2.05, 4.69) is 17.4 Å². The molecule has 2 aliphatic rings. The van der Waals surface area contributed by atoms with E-state index >= 15 is 0 Å². The van der Waals surface area contributed by atoms with Gasteiger partial charge in [0, 0.05) is 30.4 Å². The van der Waals surface area contributed by atoms with E-state index < -0.39 is 0 Å². The third-order valence-corrected chi connectivity index (χ3v) is 5.32. The summed E-state index contributed by atoms with van der Waals surface area (Å²) < 4.78 is 1.98. The number of amides is 1. The molecule has 1 aromatic carbocycles. The molecule has 0 spiro atoms. The average molecular weight is 361 g/mol. The fraction of sp³-hybridized carbons (Fsp3) is 0.474. The summed E-state index contributed by atoms with van der Waals surface area (Å²) >= 11 is 0. The van der Waals surface area contributed by atoms with Gasteiger partial charge in [-0.1, -0.05) is 18.2 Å². The van der Waals surface area contributed by atoms with Gasteiger partial charge in [0.2, 0.25) is 0 Å². The molecule has 0 unspecified atom stereocenters. The molecule has 1 N–H and O–H groups in total. The summed E-state index contributed by atoms with van der Waals surface area (Å²) in [7, 11) is 2.00. The van der Waals surface area contributed by atoms with Crippen LogP contribution in [0.2, 0.25) is 0 Å². The van der Waals surface area contributed by atoms with Crippen LogP contribution in [0.1, 0.15) is 41.0 Å². The largest absolute Gasteiger partial charge is 0.337 e. The van der Waals surface area contributed by atoms with Crippen LogP contribution in [-0.2, 0) is 12.8 Å². The van der Waals surface area contributed by atoms with Gasteiger partial charge in [0.1, 0.15) is 0 Å². The van der Waals surface area contributed by atoms with E-state index in [0.717, 1.165) is 50.9 Å².